The van der Waals surface area contributed by atoms with Crippen molar-refractivity contribution in [2.45, 2.75) is 38.8 Å². The average molecular weight is 271 g/mol. The van der Waals surface area contributed by atoms with Crippen molar-refractivity contribution < 1.29 is 19.1 Å². The summed E-state index contributed by atoms with van der Waals surface area (Å²) in [4.78, 5) is 36.4. The molecule has 1 saturated heterocycles. The number of urea groups is 1. The average Bonchev–Trinajstić information content (AvgIpc) is 2.82. The molecule has 19 heavy (non-hydrogen) atoms. The smallest absolute Gasteiger partial charge is 0.328 e. The van der Waals surface area contributed by atoms with Crippen molar-refractivity contribution in [1.82, 2.24) is 10.2 Å². The van der Waals surface area contributed by atoms with E-state index in [1.165, 1.54) is 12.0 Å². The van der Waals surface area contributed by atoms with Crippen molar-refractivity contribution in [3.63, 3.8) is 0 Å². The van der Waals surface area contributed by atoms with E-state index in [1.54, 1.807) is 0 Å². The summed E-state index contributed by atoms with van der Waals surface area (Å²) >= 11 is 0. The number of rotatable bonds is 4. The van der Waals surface area contributed by atoms with Gasteiger partial charge in [0.05, 0.1) is 7.11 Å². The van der Waals surface area contributed by atoms with Crippen LogP contribution in [0.2, 0.25) is 0 Å². The summed E-state index contributed by atoms with van der Waals surface area (Å²) < 4.78 is 4.69. The number of nitrogens with two attached hydrogens (primary N) is 1. The Kier molecular flexibility index (Phi) is 5.14. The van der Waals surface area contributed by atoms with Gasteiger partial charge in [-0.1, -0.05) is 13.8 Å². The first-order valence-corrected chi connectivity index (χ1v) is 6.32. The first-order chi connectivity index (χ1) is 8.88. The Morgan fingerprint density at radius 3 is 2.47 bits per heavy atom. The molecule has 2 atom stereocenters. The molecule has 7 heteroatoms. The molecular formula is C12H21N3O4. The standard InChI is InChI=1S/C12H21N3O4/c1-7(2)9(14-12(13)18)10(16)15-6-4-5-8(15)11(17)19-3/h7-9H,4-6H2,1-3H3,(H3,13,14,18). The molecule has 0 radical (unpaired) electrons. The van der Waals surface area contributed by atoms with E-state index in [0.29, 0.717) is 13.0 Å². The summed E-state index contributed by atoms with van der Waals surface area (Å²) in [5.74, 6) is -0.826. The largest absolute Gasteiger partial charge is 0.467 e. The summed E-state index contributed by atoms with van der Waals surface area (Å²) in [5.41, 5.74) is 5.08. The molecule has 0 aromatic heterocycles. The Morgan fingerprint density at radius 1 is 1.37 bits per heavy atom. The number of nitrogens with zero attached hydrogens (tertiary/aromatic N) is 1. The van der Waals surface area contributed by atoms with E-state index in [1.807, 2.05) is 13.8 Å². The first kappa shape index (κ1) is 15.3. The molecule has 7 nitrogen and oxygen atoms in total. The number of ether oxygens (including phenoxy) is 1. The van der Waals surface area contributed by atoms with Crippen LogP contribution in [0.15, 0.2) is 0 Å². The third-order valence-corrected chi connectivity index (χ3v) is 3.24. The van der Waals surface area contributed by atoms with E-state index < -0.39 is 24.1 Å². The second kappa shape index (κ2) is 6.40. The Balaban J connectivity index is 2.83. The van der Waals surface area contributed by atoms with Crippen LogP contribution in [0.4, 0.5) is 4.79 Å². The van der Waals surface area contributed by atoms with Crippen LogP contribution >= 0.6 is 0 Å². The van der Waals surface area contributed by atoms with Gasteiger partial charge in [-0.15, -0.1) is 0 Å². The van der Waals surface area contributed by atoms with Gasteiger partial charge in [0.2, 0.25) is 5.91 Å². The molecule has 1 heterocycles. The molecule has 108 valence electrons. The maximum absolute atomic E-state index is 12.4. The van der Waals surface area contributed by atoms with Gasteiger partial charge in [0.25, 0.3) is 0 Å². The molecule has 1 rings (SSSR count). The highest BCUT2D eigenvalue weighted by Gasteiger charge is 2.38. The number of carbonyl (C=O) groups is 3. The molecule has 1 aliphatic heterocycles. The SMILES string of the molecule is COC(=O)C1CCCN1C(=O)C(NC(N)=O)C(C)C. The second-order valence-corrected chi connectivity index (χ2v) is 4.94. The second-order valence-electron chi connectivity index (χ2n) is 4.94. The van der Waals surface area contributed by atoms with E-state index in [2.05, 4.69) is 5.32 Å². The fourth-order valence-corrected chi connectivity index (χ4v) is 2.26. The normalized spacial score (nSPS) is 20.2. The molecule has 0 bridgehead atoms. The number of hydrogen-bond donors (Lipinski definition) is 2. The number of esters is 1. The van der Waals surface area contributed by atoms with Gasteiger partial charge in [-0.3, -0.25) is 4.79 Å². The van der Waals surface area contributed by atoms with Gasteiger partial charge in [-0.25, -0.2) is 9.59 Å². The molecule has 0 aromatic carbocycles. The van der Waals surface area contributed by atoms with E-state index in [0.717, 1.165) is 6.42 Å². The van der Waals surface area contributed by atoms with Crippen molar-refractivity contribution in [2.75, 3.05) is 13.7 Å². The van der Waals surface area contributed by atoms with E-state index in [-0.39, 0.29) is 11.8 Å². The summed E-state index contributed by atoms with van der Waals surface area (Å²) in [6.07, 6.45) is 1.33. The van der Waals surface area contributed by atoms with Crippen LogP contribution in [0.25, 0.3) is 0 Å². The maximum Gasteiger partial charge on any atom is 0.328 e. The minimum Gasteiger partial charge on any atom is -0.467 e. The molecule has 0 saturated carbocycles. The lowest BCUT2D eigenvalue weighted by atomic mass is 10.0. The van der Waals surface area contributed by atoms with Crippen molar-refractivity contribution in [3.05, 3.63) is 0 Å². The fourth-order valence-electron chi connectivity index (χ4n) is 2.26. The Morgan fingerprint density at radius 2 is 2.00 bits per heavy atom. The molecule has 0 aromatic rings. The van der Waals surface area contributed by atoms with Gasteiger partial charge in [0.1, 0.15) is 12.1 Å². The van der Waals surface area contributed by atoms with E-state index in [9.17, 15) is 14.4 Å². The highest BCUT2D eigenvalue weighted by molar-refractivity contribution is 5.90. The highest BCUT2D eigenvalue weighted by Crippen LogP contribution is 2.21. The molecular weight excluding hydrogens is 250 g/mol. The quantitative estimate of drug-likeness (QED) is 0.694. The monoisotopic (exact) mass is 271 g/mol. The number of nitrogens with one attached hydrogen (secondary N) is 1. The van der Waals surface area contributed by atoms with Gasteiger partial charge >= 0.3 is 12.0 Å². The predicted molar refractivity (Wildman–Crippen MR) is 68.1 cm³/mol. The van der Waals surface area contributed by atoms with Gasteiger partial charge in [0, 0.05) is 6.54 Å². The highest BCUT2D eigenvalue weighted by atomic mass is 16.5. The first-order valence-electron chi connectivity index (χ1n) is 6.32. The zero-order chi connectivity index (χ0) is 14.6. The van der Waals surface area contributed by atoms with Crippen LogP contribution in [-0.4, -0.2) is 48.5 Å². The maximum atomic E-state index is 12.4. The van der Waals surface area contributed by atoms with E-state index >= 15 is 0 Å². The van der Waals surface area contributed by atoms with Gasteiger partial charge in [-0.2, -0.15) is 0 Å². The molecule has 2 unspecified atom stereocenters. The zero-order valence-corrected chi connectivity index (χ0v) is 11.5. The summed E-state index contributed by atoms with van der Waals surface area (Å²) in [6, 6.07) is -2.03. The van der Waals surface area contributed by atoms with Crippen LogP contribution in [0.5, 0.6) is 0 Å². The number of likely N-dealkylation sites (tertiary alicyclic amines) is 1. The summed E-state index contributed by atoms with van der Waals surface area (Å²) in [5, 5.41) is 2.43. The van der Waals surface area contributed by atoms with Crippen molar-refractivity contribution in [3.8, 4) is 0 Å². The molecule has 0 spiro atoms. The number of hydrogen-bond acceptors (Lipinski definition) is 4. The lowest BCUT2D eigenvalue weighted by molar-refractivity contribution is -0.151. The number of amides is 3. The lowest BCUT2D eigenvalue weighted by Gasteiger charge is -2.29. The van der Waals surface area contributed by atoms with Crippen LogP contribution in [-0.2, 0) is 14.3 Å². The van der Waals surface area contributed by atoms with Crippen LogP contribution < -0.4 is 11.1 Å². The Hall–Kier alpha value is -1.79. The minimum atomic E-state index is -0.749. The topological polar surface area (TPSA) is 102 Å². The third kappa shape index (κ3) is 3.59. The number of methoxy groups -OCH3 is 1. The molecule has 1 aliphatic rings. The lowest BCUT2D eigenvalue weighted by Crippen LogP contribution is -2.54. The van der Waals surface area contributed by atoms with Gasteiger partial charge < -0.3 is 20.7 Å². The van der Waals surface area contributed by atoms with Crippen molar-refractivity contribution in [1.29, 1.82) is 0 Å². The third-order valence-electron chi connectivity index (χ3n) is 3.24. The zero-order valence-electron chi connectivity index (χ0n) is 11.5. The van der Waals surface area contributed by atoms with Crippen molar-refractivity contribution in [2.24, 2.45) is 11.7 Å². The molecule has 3 amide bonds. The van der Waals surface area contributed by atoms with Gasteiger partial charge in [-0.05, 0) is 18.8 Å². The Labute approximate surface area is 112 Å². The molecule has 3 N–H and O–H groups in total. The van der Waals surface area contributed by atoms with E-state index in [4.69, 9.17) is 10.5 Å². The number of carbonyl (C=O) groups excluding carboxylic acids is 3. The summed E-state index contributed by atoms with van der Waals surface area (Å²) in [6.45, 7) is 4.10. The van der Waals surface area contributed by atoms with Gasteiger partial charge in [0.15, 0.2) is 0 Å². The fraction of sp³-hybridized carbons (Fsp3) is 0.750. The van der Waals surface area contributed by atoms with Crippen LogP contribution in [0.1, 0.15) is 26.7 Å². The van der Waals surface area contributed by atoms with Crippen LogP contribution in [0.3, 0.4) is 0 Å². The molecule has 0 aliphatic carbocycles. The summed E-state index contributed by atoms with van der Waals surface area (Å²) in [7, 11) is 1.30. The molecule has 1 fully saturated rings. The predicted octanol–water partition coefficient (Wildman–Crippen LogP) is -0.157. The number of primary amides is 1. The van der Waals surface area contributed by atoms with Crippen LogP contribution in [0, 0.1) is 5.92 Å². The minimum absolute atomic E-state index is 0.112. The van der Waals surface area contributed by atoms with Crippen molar-refractivity contribution >= 4 is 17.9 Å². The Bertz CT molecular complexity index is 370.